The number of hydrogen-bond acceptors (Lipinski definition) is 4. The maximum Gasteiger partial charge on any atom is 0.262 e. The lowest BCUT2D eigenvalue weighted by molar-refractivity contribution is -0.119. The van der Waals surface area contributed by atoms with Gasteiger partial charge in [-0.1, -0.05) is 18.2 Å². The number of aryl methyl sites for hydroxylation is 1. The van der Waals surface area contributed by atoms with Crippen molar-refractivity contribution < 1.29 is 19.1 Å². The molecule has 128 valence electrons. The van der Waals surface area contributed by atoms with Gasteiger partial charge in [-0.2, -0.15) is 0 Å². The summed E-state index contributed by atoms with van der Waals surface area (Å²) in [6.45, 7) is 3.42. The molecular formula is C19H18N2O4. The summed E-state index contributed by atoms with van der Waals surface area (Å²) in [5.74, 6) is -0.870. The van der Waals surface area contributed by atoms with E-state index in [9.17, 15) is 14.4 Å². The third kappa shape index (κ3) is 2.87. The fourth-order valence-electron chi connectivity index (χ4n) is 2.83. The zero-order chi connectivity index (χ0) is 18.1. The maximum absolute atomic E-state index is 12.6. The molecule has 0 bridgehead atoms. The third-order valence-corrected chi connectivity index (χ3v) is 4.21. The molecule has 6 heteroatoms. The Morgan fingerprint density at radius 3 is 2.24 bits per heavy atom. The van der Waals surface area contributed by atoms with E-state index in [4.69, 9.17) is 4.74 Å². The minimum Gasteiger partial charge on any atom is -0.495 e. The number of anilines is 1. The molecule has 2 aromatic carbocycles. The number of ether oxygens (including phenoxy) is 1. The van der Waals surface area contributed by atoms with Crippen LogP contribution in [0.2, 0.25) is 0 Å². The SMILES string of the molecule is COc1ccc(C)cc1NC(=O)[C@H](C)N1C(=O)c2ccccc2C1=O. The smallest absolute Gasteiger partial charge is 0.262 e. The topological polar surface area (TPSA) is 75.7 Å². The van der Waals surface area contributed by atoms with Crippen LogP contribution in [0, 0.1) is 6.92 Å². The molecule has 3 rings (SSSR count). The molecule has 0 saturated heterocycles. The Bertz CT molecular complexity index is 840. The number of rotatable bonds is 4. The molecule has 0 radical (unpaired) electrons. The van der Waals surface area contributed by atoms with Gasteiger partial charge in [-0.15, -0.1) is 0 Å². The summed E-state index contributed by atoms with van der Waals surface area (Å²) in [5.41, 5.74) is 2.08. The molecular weight excluding hydrogens is 320 g/mol. The van der Waals surface area contributed by atoms with E-state index in [1.807, 2.05) is 13.0 Å². The van der Waals surface area contributed by atoms with E-state index in [0.29, 0.717) is 22.6 Å². The van der Waals surface area contributed by atoms with Crippen molar-refractivity contribution in [3.05, 3.63) is 59.2 Å². The summed E-state index contributed by atoms with van der Waals surface area (Å²) < 4.78 is 5.24. The van der Waals surface area contributed by atoms with E-state index in [2.05, 4.69) is 5.32 Å². The Morgan fingerprint density at radius 2 is 1.68 bits per heavy atom. The summed E-state index contributed by atoms with van der Waals surface area (Å²) >= 11 is 0. The normalized spacial score (nSPS) is 14.3. The maximum atomic E-state index is 12.6. The highest BCUT2D eigenvalue weighted by Gasteiger charge is 2.40. The summed E-state index contributed by atoms with van der Waals surface area (Å²) in [6, 6.07) is 11.0. The fraction of sp³-hybridized carbons (Fsp3) is 0.211. The van der Waals surface area contributed by atoms with Crippen LogP contribution in [0.1, 0.15) is 33.2 Å². The van der Waals surface area contributed by atoms with Crippen LogP contribution >= 0.6 is 0 Å². The first-order valence-corrected chi connectivity index (χ1v) is 7.86. The number of nitrogens with one attached hydrogen (secondary N) is 1. The van der Waals surface area contributed by atoms with Crippen molar-refractivity contribution in [2.45, 2.75) is 19.9 Å². The minimum absolute atomic E-state index is 0.320. The van der Waals surface area contributed by atoms with Crippen molar-refractivity contribution in [1.82, 2.24) is 4.90 Å². The van der Waals surface area contributed by atoms with Crippen LogP contribution in [-0.2, 0) is 4.79 Å². The van der Waals surface area contributed by atoms with Crippen molar-refractivity contribution in [2.24, 2.45) is 0 Å². The van der Waals surface area contributed by atoms with Gasteiger partial charge in [0, 0.05) is 0 Å². The van der Waals surface area contributed by atoms with Crippen molar-refractivity contribution >= 4 is 23.4 Å². The van der Waals surface area contributed by atoms with Gasteiger partial charge in [-0.25, -0.2) is 0 Å². The van der Waals surface area contributed by atoms with Crippen LogP contribution in [0.25, 0.3) is 0 Å². The Morgan fingerprint density at radius 1 is 1.08 bits per heavy atom. The molecule has 1 heterocycles. The van der Waals surface area contributed by atoms with Crippen LogP contribution in [0.5, 0.6) is 5.75 Å². The lowest BCUT2D eigenvalue weighted by atomic mass is 10.1. The highest BCUT2D eigenvalue weighted by Crippen LogP contribution is 2.27. The molecule has 0 unspecified atom stereocenters. The van der Waals surface area contributed by atoms with Gasteiger partial charge in [-0.05, 0) is 43.7 Å². The molecule has 0 saturated carbocycles. The van der Waals surface area contributed by atoms with E-state index >= 15 is 0 Å². The molecule has 3 amide bonds. The van der Waals surface area contributed by atoms with Gasteiger partial charge in [-0.3, -0.25) is 19.3 Å². The summed E-state index contributed by atoms with van der Waals surface area (Å²) in [7, 11) is 1.51. The van der Waals surface area contributed by atoms with Gasteiger partial charge in [0.15, 0.2) is 0 Å². The number of imide groups is 1. The first-order chi connectivity index (χ1) is 11.9. The van der Waals surface area contributed by atoms with Crippen LogP contribution in [0.4, 0.5) is 5.69 Å². The van der Waals surface area contributed by atoms with Crippen molar-refractivity contribution in [3.63, 3.8) is 0 Å². The summed E-state index contributed by atoms with van der Waals surface area (Å²) in [6.07, 6.45) is 0. The highest BCUT2D eigenvalue weighted by molar-refractivity contribution is 6.23. The van der Waals surface area contributed by atoms with Crippen LogP contribution in [0.3, 0.4) is 0 Å². The van der Waals surface area contributed by atoms with E-state index in [0.717, 1.165) is 10.5 Å². The van der Waals surface area contributed by atoms with E-state index < -0.39 is 23.8 Å². The minimum atomic E-state index is -0.947. The zero-order valence-electron chi connectivity index (χ0n) is 14.2. The first kappa shape index (κ1) is 16.7. The molecule has 0 aromatic heterocycles. The number of amides is 3. The van der Waals surface area contributed by atoms with Crippen LogP contribution in [0.15, 0.2) is 42.5 Å². The summed E-state index contributed by atoms with van der Waals surface area (Å²) in [5, 5.41) is 2.74. The van der Waals surface area contributed by atoms with Crippen molar-refractivity contribution in [1.29, 1.82) is 0 Å². The number of fused-ring (bicyclic) bond motifs is 1. The lowest BCUT2D eigenvalue weighted by Crippen LogP contribution is -2.45. The van der Waals surface area contributed by atoms with Gasteiger partial charge < -0.3 is 10.1 Å². The average Bonchev–Trinajstić information content (AvgIpc) is 2.86. The number of benzene rings is 2. The largest absolute Gasteiger partial charge is 0.495 e. The quantitative estimate of drug-likeness (QED) is 0.870. The number of hydrogen-bond donors (Lipinski definition) is 1. The number of carbonyl (C=O) groups excluding carboxylic acids is 3. The second kappa shape index (κ2) is 6.39. The number of nitrogens with zero attached hydrogens (tertiary/aromatic N) is 1. The van der Waals surface area contributed by atoms with E-state index in [1.54, 1.807) is 36.4 Å². The molecule has 0 aliphatic carbocycles. The van der Waals surface area contributed by atoms with E-state index in [-0.39, 0.29) is 0 Å². The van der Waals surface area contributed by atoms with Crippen LogP contribution < -0.4 is 10.1 Å². The van der Waals surface area contributed by atoms with Gasteiger partial charge in [0.2, 0.25) is 5.91 Å². The Hall–Kier alpha value is -3.15. The van der Waals surface area contributed by atoms with Gasteiger partial charge in [0.05, 0.1) is 23.9 Å². The molecule has 6 nitrogen and oxygen atoms in total. The Balaban J connectivity index is 1.84. The Labute approximate surface area is 145 Å². The molecule has 1 N–H and O–H groups in total. The fourth-order valence-corrected chi connectivity index (χ4v) is 2.83. The average molecular weight is 338 g/mol. The van der Waals surface area contributed by atoms with Gasteiger partial charge >= 0.3 is 0 Å². The van der Waals surface area contributed by atoms with Gasteiger partial charge in [0.25, 0.3) is 11.8 Å². The molecule has 0 fully saturated rings. The molecule has 1 aliphatic heterocycles. The second-order valence-electron chi connectivity index (χ2n) is 5.89. The second-order valence-corrected chi connectivity index (χ2v) is 5.89. The third-order valence-electron chi connectivity index (χ3n) is 4.21. The van der Waals surface area contributed by atoms with Crippen molar-refractivity contribution in [2.75, 3.05) is 12.4 Å². The monoisotopic (exact) mass is 338 g/mol. The zero-order valence-corrected chi connectivity index (χ0v) is 14.2. The highest BCUT2D eigenvalue weighted by atomic mass is 16.5. The van der Waals surface area contributed by atoms with Gasteiger partial charge in [0.1, 0.15) is 11.8 Å². The number of carbonyl (C=O) groups is 3. The van der Waals surface area contributed by atoms with Crippen molar-refractivity contribution in [3.8, 4) is 5.75 Å². The predicted octanol–water partition coefficient (Wildman–Crippen LogP) is 2.63. The summed E-state index contributed by atoms with van der Waals surface area (Å²) in [4.78, 5) is 38.6. The lowest BCUT2D eigenvalue weighted by Gasteiger charge is -2.22. The molecule has 25 heavy (non-hydrogen) atoms. The number of methoxy groups -OCH3 is 1. The Kier molecular flexibility index (Phi) is 4.27. The predicted molar refractivity (Wildman–Crippen MR) is 92.8 cm³/mol. The van der Waals surface area contributed by atoms with E-state index in [1.165, 1.54) is 14.0 Å². The molecule has 1 atom stereocenters. The molecule has 1 aliphatic rings. The standard InChI is InChI=1S/C19H18N2O4/c1-11-8-9-16(25-3)15(10-11)20-17(22)12(2)21-18(23)13-6-4-5-7-14(13)19(21)24/h4-10,12H,1-3H3,(H,20,22)/t12-/m0/s1. The molecule has 2 aromatic rings. The first-order valence-electron chi connectivity index (χ1n) is 7.86. The molecule has 0 spiro atoms. The van der Waals surface area contributed by atoms with Crippen LogP contribution in [-0.4, -0.2) is 35.8 Å².